The minimum Gasteiger partial charge on any atom is -0.277 e. The summed E-state index contributed by atoms with van der Waals surface area (Å²) in [6, 6.07) is 28.8. The quantitative estimate of drug-likeness (QED) is 0.440. The average Bonchev–Trinajstić information content (AvgIpc) is 3.19. The lowest BCUT2D eigenvalue weighted by molar-refractivity contribution is 0.598. The van der Waals surface area contributed by atoms with E-state index < -0.39 is 10.0 Å². The third-order valence-corrected chi connectivity index (χ3v) is 6.23. The Hall–Kier alpha value is -3.81. The summed E-state index contributed by atoms with van der Waals surface area (Å²) in [5, 5.41) is 5.24. The number of nitrogens with two attached hydrogens (primary N) is 1. The first-order chi connectivity index (χ1) is 15.5. The number of fused-ring (bicyclic) bond motifs is 1. The van der Waals surface area contributed by atoms with E-state index in [-0.39, 0.29) is 4.90 Å². The minimum atomic E-state index is -3.76. The molecule has 7 heteroatoms. The average molecular weight is 441 g/mol. The van der Waals surface area contributed by atoms with Gasteiger partial charge in [-0.2, -0.15) is 0 Å². The molecule has 0 amide bonds. The van der Waals surface area contributed by atoms with Crippen molar-refractivity contribution in [2.24, 2.45) is 5.14 Å². The molecule has 0 spiro atoms. The van der Waals surface area contributed by atoms with Crippen molar-refractivity contribution >= 4 is 21.2 Å². The number of nitrogens with zero attached hydrogens (tertiary/aromatic N) is 3. The molecule has 5 aromatic rings. The van der Waals surface area contributed by atoms with E-state index in [1.807, 2.05) is 34.9 Å². The Balaban J connectivity index is 1.58. The van der Waals surface area contributed by atoms with Gasteiger partial charge in [0.25, 0.3) is 0 Å². The zero-order valence-corrected chi connectivity index (χ0v) is 17.9. The Morgan fingerprint density at radius 2 is 1.47 bits per heavy atom. The van der Waals surface area contributed by atoms with Crippen molar-refractivity contribution in [1.29, 1.82) is 0 Å². The highest BCUT2D eigenvalue weighted by Crippen LogP contribution is 2.28. The van der Waals surface area contributed by atoms with Gasteiger partial charge in [-0.3, -0.25) is 4.57 Å². The summed E-state index contributed by atoms with van der Waals surface area (Å²) in [6.45, 7) is 0. The number of benzene rings is 3. The van der Waals surface area contributed by atoms with E-state index in [4.69, 9.17) is 10.1 Å². The summed E-state index contributed by atoms with van der Waals surface area (Å²) in [4.78, 5) is 9.36. The molecule has 0 aliphatic heterocycles. The van der Waals surface area contributed by atoms with Crippen LogP contribution in [-0.2, 0) is 16.4 Å². The van der Waals surface area contributed by atoms with Crippen LogP contribution >= 0.6 is 0 Å². The SMILES string of the molecule is NS(=O)(=O)c1ccc(-c2nc3cccnc3n2-c2ccc(Cc3ccccc3)cc2)cc1. The molecule has 0 fully saturated rings. The lowest BCUT2D eigenvalue weighted by Gasteiger charge is -2.10. The van der Waals surface area contributed by atoms with Crippen molar-refractivity contribution in [2.75, 3.05) is 0 Å². The molecule has 0 radical (unpaired) electrons. The highest BCUT2D eigenvalue weighted by molar-refractivity contribution is 7.89. The van der Waals surface area contributed by atoms with Crippen LogP contribution in [0, 0.1) is 0 Å². The van der Waals surface area contributed by atoms with E-state index >= 15 is 0 Å². The van der Waals surface area contributed by atoms with Gasteiger partial charge in [0.15, 0.2) is 5.65 Å². The molecule has 32 heavy (non-hydrogen) atoms. The monoisotopic (exact) mass is 440 g/mol. The molecular weight excluding hydrogens is 420 g/mol. The molecular formula is C25H20N4O2S. The zero-order chi connectivity index (χ0) is 22.1. The van der Waals surface area contributed by atoms with Crippen LogP contribution in [-0.4, -0.2) is 23.0 Å². The molecule has 0 saturated carbocycles. The summed E-state index contributed by atoms with van der Waals surface area (Å²) in [5.41, 5.74) is 5.64. The van der Waals surface area contributed by atoms with Crippen LogP contribution < -0.4 is 5.14 Å². The number of sulfonamides is 1. The Kier molecular flexibility index (Phi) is 5.05. The number of hydrogen-bond donors (Lipinski definition) is 1. The predicted octanol–water partition coefficient (Wildman–Crippen LogP) is 4.33. The third-order valence-electron chi connectivity index (χ3n) is 5.30. The smallest absolute Gasteiger partial charge is 0.238 e. The van der Waals surface area contributed by atoms with Gasteiger partial charge in [0, 0.05) is 17.4 Å². The summed E-state index contributed by atoms with van der Waals surface area (Å²) in [5.74, 6) is 0.676. The summed E-state index contributed by atoms with van der Waals surface area (Å²) >= 11 is 0. The molecule has 2 N–H and O–H groups in total. The summed E-state index contributed by atoms with van der Waals surface area (Å²) in [6.07, 6.45) is 2.59. The lowest BCUT2D eigenvalue weighted by Crippen LogP contribution is -2.11. The number of primary sulfonamides is 1. The Morgan fingerprint density at radius 1 is 0.781 bits per heavy atom. The van der Waals surface area contributed by atoms with E-state index in [0.717, 1.165) is 28.8 Å². The maximum atomic E-state index is 11.6. The van der Waals surface area contributed by atoms with Crippen molar-refractivity contribution in [2.45, 2.75) is 11.3 Å². The Bertz CT molecular complexity index is 1490. The predicted molar refractivity (Wildman–Crippen MR) is 125 cm³/mol. The molecule has 0 unspecified atom stereocenters. The van der Waals surface area contributed by atoms with E-state index in [0.29, 0.717) is 5.82 Å². The van der Waals surface area contributed by atoms with Gasteiger partial charge >= 0.3 is 0 Å². The molecule has 5 rings (SSSR count). The molecule has 0 atom stereocenters. The van der Waals surface area contributed by atoms with Crippen molar-refractivity contribution in [3.63, 3.8) is 0 Å². The van der Waals surface area contributed by atoms with Gasteiger partial charge in [-0.1, -0.05) is 42.5 Å². The number of rotatable bonds is 5. The van der Waals surface area contributed by atoms with Crippen LogP contribution in [0.2, 0.25) is 0 Å². The van der Waals surface area contributed by atoms with Crippen molar-refractivity contribution < 1.29 is 8.42 Å². The van der Waals surface area contributed by atoms with E-state index in [2.05, 4.69) is 41.4 Å². The van der Waals surface area contributed by atoms with Crippen LogP contribution in [0.15, 0.2) is 102 Å². The van der Waals surface area contributed by atoms with Gasteiger partial charge in [-0.15, -0.1) is 0 Å². The molecule has 0 aliphatic carbocycles. The minimum absolute atomic E-state index is 0.0623. The van der Waals surface area contributed by atoms with Gasteiger partial charge in [0.1, 0.15) is 11.3 Å². The second-order valence-electron chi connectivity index (χ2n) is 7.52. The van der Waals surface area contributed by atoms with E-state index in [9.17, 15) is 8.42 Å². The second-order valence-corrected chi connectivity index (χ2v) is 9.08. The van der Waals surface area contributed by atoms with E-state index in [1.165, 1.54) is 23.3 Å². The van der Waals surface area contributed by atoms with Crippen LogP contribution in [0.5, 0.6) is 0 Å². The lowest BCUT2D eigenvalue weighted by atomic mass is 10.0. The fourth-order valence-corrected chi connectivity index (χ4v) is 4.25. The molecule has 2 heterocycles. The van der Waals surface area contributed by atoms with Crippen molar-refractivity contribution in [3.05, 3.63) is 108 Å². The number of pyridine rings is 1. The van der Waals surface area contributed by atoms with Crippen LogP contribution in [0.3, 0.4) is 0 Å². The molecule has 0 aliphatic rings. The first-order valence-electron chi connectivity index (χ1n) is 10.1. The second kappa shape index (κ2) is 8.03. The number of hydrogen-bond acceptors (Lipinski definition) is 4. The molecule has 0 bridgehead atoms. The highest BCUT2D eigenvalue weighted by atomic mass is 32.2. The summed E-state index contributed by atoms with van der Waals surface area (Å²) in [7, 11) is -3.76. The first-order valence-corrected chi connectivity index (χ1v) is 11.6. The van der Waals surface area contributed by atoms with Gasteiger partial charge in [-0.25, -0.2) is 23.5 Å². The van der Waals surface area contributed by atoms with E-state index in [1.54, 1.807) is 18.3 Å². The van der Waals surface area contributed by atoms with Gasteiger partial charge in [0.05, 0.1) is 4.90 Å². The first kappa shape index (κ1) is 20.1. The molecule has 3 aromatic carbocycles. The largest absolute Gasteiger partial charge is 0.277 e. The van der Waals surface area contributed by atoms with Crippen molar-refractivity contribution in [3.8, 4) is 17.1 Å². The van der Waals surface area contributed by atoms with Crippen LogP contribution in [0.25, 0.3) is 28.2 Å². The standard InChI is InChI=1S/C25H20N4O2S/c26-32(30,31)22-14-10-20(11-15-22)24-28-23-7-4-16-27-25(23)29(24)21-12-8-19(9-13-21)17-18-5-2-1-3-6-18/h1-16H,17H2,(H2,26,30,31). The molecule has 158 valence electrons. The molecule has 0 saturated heterocycles. The maximum absolute atomic E-state index is 11.6. The highest BCUT2D eigenvalue weighted by Gasteiger charge is 2.16. The number of aromatic nitrogens is 3. The Labute approximate surface area is 186 Å². The molecule has 2 aromatic heterocycles. The zero-order valence-electron chi connectivity index (χ0n) is 17.1. The molecule has 6 nitrogen and oxygen atoms in total. The maximum Gasteiger partial charge on any atom is 0.238 e. The Morgan fingerprint density at radius 3 is 2.16 bits per heavy atom. The fraction of sp³-hybridized carbons (Fsp3) is 0.0400. The van der Waals surface area contributed by atoms with Crippen molar-refractivity contribution in [1.82, 2.24) is 14.5 Å². The topological polar surface area (TPSA) is 90.9 Å². The number of imidazole rings is 1. The van der Waals surface area contributed by atoms with Gasteiger partial charge < -0.3 is 0 Å². The fourth-order valence-electron chi connectivity index (χ4n) is 3.74. The van der Waals surface area contributed by atoms with Gasteiger partial charge in [0.2, 0.25) is 10.0 Å². The van der Waals surface area contributed by atoms with Crippen LogP contribution in [0.4, 0.5) is 0 Å². The normalized spacial score (nSPS) is 11.7. The third kappa shape index (κ3) is 3.91. The van der Waals surface area contributed by atoms with Gasteiger partial charge in [-0.05, 0) is 66.1 Å². The van der Waals surface area contributed by atoms with Crippen LogP contribution in [0.1, 0.15) is 11.1 Å². The summed E-state index contributed by atoms with van der Waals surface area (Å²) < 4.78 is 25.2.